The van der Waals surface area contributed by atoms with Crippen LogP contribution < -0.4 is 0 Å². The molecule has 1 atom stereocenters. The van der Waals surface area contributed by atoms with Gasteiger partial charge in [-0.3, -0.25) is 29.0 Å². The smallest absolute Gasteiger partial charge is 0.262 e. The number of halogens is 1. The number of carbonyl (C=O) groups excluding carboxylic acids is 4. The largest absolute Gasteiger partial charge is 0.283 e. The minimum atomic E-state index is -0.990. The average Bonchev–Trinajstić information content (AvgIpc) is 2.90. The maximum atomic E-state index is 13.2. The molecule has 0 saturated carbocycles. The zero-order valence-electron chi connectivity index (χ0n) is 10.2. The van der Waals surface area contributed by atoms with Crippen molar-refractivity contribution in [3.05, 3.63) is 35.1 Å². The molecule has 20 heavy (non-hydrogen) atoms. The molecule has 1 aromatic carbocycles. The van der Waals surface area contributed by atoms with Crippen LogP contribution in [0.4, 0.5) is 4.39 Å². The molecule has 0 N–H and O–H groups in total. The normalized spacial score (nSPS) is 21.6. The number of benzene rings is 1. The first-order chi connectivity index (χ1) is 9.54. The number of carbonyl (C=O) groups is 4. The highest BCUT2D eigenvalue weighted by Gasteiger charge is 2.46. The summed E-state index contributed by atoms with van der Waals surface area (Å²) in [4.78, 5) is 48.7. The number of fused-ring (bicyclic) bond motifs is 1. The van der Waals surface area contributed by atoms with Gasteiger partial charge in [0.15, 0.2) is 0 Å². The quantitative estimate of drug-likeness (QED) is 0.570. The third-order valence-corrected chi connectivity index (χ3v) is 3.53. The summed E-state index contributed by atoms with van der Waals surface area (Å²) in [6.45, 7) is 0.161. The Morgan fingerprint density at radius 1 is 1.15 bits per heavy atom. The van der Waals surface area contributed by atoms with Gasteiger partial charge in [0.25, 0.3) is 17.7 Å². The molecule has 6 nitrogen and oxygen atoms in total. The molecule has 0 spiro atoms. The van der Waals surface area contributed by atoms with E-state index in [9.17, 15) is 23.6 Å². The van der Waals surface area contributed by atoms with E-state index in [2.05, 4.69) is 0 Å². The van der Waals surface area contributed by atoms with Crippen molar-refractivity contribution in [1.82, 2.24) is 9.80 Å². The SMILES string of the molecule is O=CN1CCC(N2C(=O)c3ccc(F)cc3C2=O)C1=O. The van der Waals surface area contributed by atoms with Crippen LogP contribution in [0.1, 0.15) is 27.1 Å². The van der Waals surface area contributed by atoms with E-state index in [1.807, 2.05) is 0 Å². The fraction of sp³-hybridized carbons (Fsp3) is 0.231. The van der Waals surface area contributed by atoms with E-state index in [0.29, 0.717) is 6.41 Å². The van der Waals surface area contributed by atoms with E-state index in [1.165, 1.54) is 6.07 Å². The standard InChI is InChI=1S/C13H9FN2O4/c14-7-1-2-8-9(5-7)12(19)16(11(8)18)10-3-4-15(6-17)13(10)20/h1-2,5-6,10H,3-4H2. The van der Waals surface area contributed by atoms with Gasteiger partial charge in [0.05, 0.1) is 11.1 Å². The van der Waals surface area contributed by atoms with Gasteiger partial charge in [0, 0.05) is 6.54 Å². The molecule has 0 bridgehead atoms. The Morgan fingerprint density at radius 2 is 1.85 bits per heavy atom. The molecule has 3 rings (SSSR count). The van der Waals surface area contributed by atoms with Gasteiger partial charge < -0.3 is 0 Å². The number of likely N-dealkylation sites (tertiary alicyclic amines) is 1. The Hall–Kier alpha value is -2.57. The van der Waals surface area contributed by atoms with E-state index in [0.717, 1.165) is 21.9 Å². The van der Waals surface area contributed by atoms with Crippen molar-refractivity contribution in [2.75, 3.05) is 6.54 Å². The summed E-state index contributed by atoms with van der Waals surface area (Å²) in [5, 5.41) is 0. The van der Waals surface area contributed by atoms with Crippen LogP contribution in [0.2, 0.25) is 0 Å². The maximum Gasteiger partial charge on any atom is 0.262 e. The molecule has 0 aliphatic carbocycles. The van der Waals surface area contributed by atoms with Crippen molar-refractivity contribution in [2.45, 2.75) is 12.5 Å². The van der Waals surface area contributed by atoms with Gasteiger partial charge in [-0.2, -0.15) is 0 Å². The van der Waals surface area contributed by atoms with Crippen LogP contribution in [-0.4, -0.2) is 46.5 Å². The molecule has 1 aromatic rings. The van der Waals surface area contributed by atoms with Crippen molar-refractivity contribution in [3.8, 4) is 0 Å². The van der Waals surface area contributed by atoms with Crippen molar-refractivity contribution in [2.24, 2.45) is 0 Å². The molecule has 102 valence electrons. The highest BCUT2D eigenvalue weighted by molar-refractivity contribution is 6.23. The van der Waals surface area contributed by atoms with Crippen molar-refractivity contribution < 1.29 is 23.6 Å². The highest BCUT2D eigenvalue weighted by atomic mass is 19.1. The molecule has 7 heteroatoms. The van der Waals surface area contributed by atoms with Gasteiger partial charge in [0.1, 0.15) is 11.9 Å². The Bertz CT molecular complexity index is 658. The molecule has 1 unspecified atom stereocenters. The van der Waals surface area contributed by atoms with E-state index < -0.39 is 29.6 Å². The number of nitrogens with zero attached hydrogens (tertiary/aromatic N) is 2. The Kier molecular flexibility index (Phi) is 2.63. The molecule has 1 fully saturated rings. The molecule has 2 aliphatic heterocycles. The predicted octanol–water partition coefficient (Wildman–Crippen LogP) is 0.179. The second-order valence-corrected chi connectivity index (χ2v) is 4.61. The molecule has 2 aliphatic rings. The zero-order chi connectivity index (χ0) is 14.4. The monoisotopic (exact) mass is 276 g/mol. The lowest BCUT2D eigenvalue weighted by atomic mass is 10.1. The third-order valence-electron chi connectivity index (χ3n) is 3.53. The number of amides is 4. The van der Waals surface area contributed by atoms with Gasteiger partial charge in [-0.15, -0.1) is 0 Å². The van der Waals surface area contributed by atoms with E-state index >= 15 is 0 Å². The van der Waals surface area contributed by atoms with Crippen LogP contribution in [0.25, 0.3) is 0 Å². The van der Waals surface area contributed by atoms with E-state index in [1.54, 1.807) is 0 Å². The number of imide groups is 2. The molecular formula is C13H9FN2O4. The predicted molar refractivity (Wildman–Crippen MR) is 63.1 cm³/mol. The summed E-state index contributed by atoms with van der Waals surface area (Å²) in [5.41, 5.74) is 0.0288. The first kappa shape index (κ1) is 12.5. The first-order valence-corrected chi connectivity index (χ1v) is 5.98. The van der Waals surface area contributed by atoms with Gasteiger partial charge in [-0.1, -0.05) is 0 Å². The van der Waals surface area contributed by atoms with Crippen LogP contribution in [0.3, 0.4) is 0 Å². The lowest BCUT2D eigenvalue weighted by molar-refractivity contribution is -0.137. The topological polar surface area (TPSA) is 74.8 Å². The highest BCUT2D eigenvalue weighted by Crippen LogP contribution is 2.28. The fourth-order valence-electron chi connectivity index (χ4n) is 2.55. The van der Waals surface area contributed by atoms with Gasteiger partial charge in [-0.25, -0.2) is 4.39 Å². The minimum Gasteiger partial charge on any atom is -0.283 e. The van der Waals surface area contributed by atoms with Crippen LogP contribution in [0.15, 0.2) is 18.2 Å². The molecule has 1 saturated heterocycles. The van der Waals surface area contributed by atoms with Crippen LogP contribution in [0, 0.1) is 5.82 Å². The first-order valence-electron chi connectivity index (χ1n) is 5.98. The molecular weight excluding hydrogens is 267 g/mol. The molecule has 0 radical (unpaired) electrons. The summed E-state index contributed by atoms with van der Waals surface area (Å²) in [7, 11) is 0. The Labute approximate surface area is 112 Å². The molecule has 4 amide bonds. The third kappa shape index (κ3) is 1.56. The van der Waals surface area contributed by atoms with Crippen LogP contribution in [-0.2, 0) is 9.59 Å². The van der Waals surface area contributed by atoms with Crippen molar-refractivity contribution in [1.29, 1.82) is 0 Å². The van der Waals surface area contributed by atoms with Crippen molar-refractivity contribution in [3.63, 3.8) is 0 Å². The average molecular weight is 276 g/mol. The molecule has 2 heterocycles. The summed E-state index contributed by atoms with van der Waals surface area (Å²) in [6, 6.07) is 2.30. The van der Waals surface area contributed by atoms with E-state index in [4.69, 9.17) is 0 Å². The van der Waals surface area contributed by atoms with Crippen molar-refractivity contribution >= 4 is 24.1 Å². The second kappa shape index (κ2) is 4.22. The fourth-order valence-corrected chi connectivity index (χ4v) is 2.55. The summed E-state index contributed by atoms with van der Waals surface area (Å²) in [5.74, 6) is -2.54. The Balaban J connectivity index is 1.98. The van der Waals surface area contributed by atoms with E-state index in [-0.39, 0.29) is 24.1 Å². The number of hydrogen-bond donors (Lipinski definition) is 0. The zero-order valence-corrected chi connectivity index (χ0v) is 10.2. The Morgan fingerprint density at radius 3 is 2.50 bits per heavy atom. The lowest BCUT2D eigenvalue weighted by Gasteiger charge is -2.19. The van der Waals surface area contributed by atoms with Gasteiger partial charge >= 0.3 is 0 Å². The second-order valence-electron chi connectivity index (χ2n) is 4.61. The summed E-state index contributed by atoms with van der Waals surface area (Å²) in [6.07, 6.45) is 0.575. The van der Waals surface area contributed by atoms with Crippen LogP contribution >= 0.6 is 0 Å². The maximum absolute atomic E-state index is 13.2. The van der Waals surface area contributed by atoms with Gasteiger partial charge in [-0.05, 0) is 24.6 Å². The number of rotatable bonds is 2. The molecule has 0 aromatic heterocycles. The lowest BCUT2D eigenvalue weighted by Crippen LogP contribution is -2.44. The number of hydrogen-bond acceptors (Lipinski definition) is 4. The van der Waals surface area contributed by atoms with Crippen LogP contribution in [0.5, 0.6) is 0 Å². The van der Waals surface area contributed by atoms with Gasteiger partial charge in [0.2, 0.25) is 6.41 Å². The summed E-state index contributed by atoms with van der Waals surface area (Å²) < 4.78 is 13.2. The minimum absolute atomic E-state index is 0.0487. The summed E-state index contributed by atoms with van der Waals surface area (Å²) >= 11 is 0.